The molecule has 0 radical (unpaired) electrons. The van der Waals surface area contributed by atoms with Gasteiger partial charge in [-0.3, -0.25) is 9.97 Å². The third kappa shape index (κ3) is 55.4. The molecule has 4 aromatic heterocycles. The second-order valence-corrected chi connectivity index (χ2v) is 14.1. The number of aromatic nitrogens is 5. The van der Waals surface area contributed by atoms with E-state index in [2.05, 4.69) is 109 Å². The zero-order valence-corrected chi connectivity index (χ0v) is 51.3. The number of pyridine rings is 1. The minimum Gasteiger partial charge on any atom is -0.454 e. The number of para-hydroxylation sites is 3. The second-order valence-electron chi connectivity index (χ2n) is 12.5. The van der Waals surface area contributed by atoms with E-state index in [0.29, 0.717) is 6.79 Å². The highest BCUT2D eigenvalue weighted by atomic mass is 32.1. The molecule has 6 aromatic carbocycles. The molecule has 0 amide bonds. The predicted octanol–water partition coefficient (Wildman–Crippen LogP) is 24.9. The topological polar surface area (TPSA) is 94.9 Å². The summed E-state index contributed by atoms with van der Waals surface area (Å²) >= 11 is 3.28. The average molecular weight is 1190 g/mol. The van der Waals surface area contributed by atoms with Crippen LogP contribution in [0.2, 0.25) is 0 Å². The number of fused-ring (bicyclic) bond motifs is 4. The zero-order valence-electron chi connectivity index (χ0n) is 49.7. The fraction of sp³-hybridized carbons (Fsp3) is 0.365. The van der Waals surface area contributed by atoms with Crippen LogP contribution in [0.3, 0.4) is 0 Å². The lowest BCUT2D eigenvalue weighted by Crippen LogP contribution is -2.23. The van der Waals surface area contributed by atoms with Crippen LogP contribution in [0.25, 0.3) is 21.0 Å². The standard InChI is InChI=1S/C10H8.C9H11N.C7H5NS.C7H6O2.C6H6.C5H5N.C4H4N2.C3H3NS.8C2H6.7CH4/c1-2-6-10-8-4-3-7-9(10)5-1;1-2-4-9-7-10-6-5-8(9)3-1;2*1-2-4-7-6(3-1)8-5-9-7;2*1-2-4-6-5-3-1;1-2-5-4-6-3-1;1-2-5-3-4-1;8*1-2;;;;;;;/h1-8H;1-4,10H,5-7H2;1-5H;1-4H,5H2;1-6H;1-5H;1-4H;1-3H;8*1-2H3;7*1H4. The predicted molar refractivity (Wildman–Crippen MR) is 391 cm³/mol. The van der Waals surface area contributed by atoms with E-state index in [1.165, 1.54) is 39.3 Å². The first-order valence-corrected chi connectivity index (χ1v) is 29.4. The Kier molecular flexibility index (Phi) is 106. The summed E-state index contributed by atoms with van der Waals surface area (Å²) < 4.78 is 11.4. The van der Waals surface area contributed by atoms with E-state index in [1.54, 1.807) is 65.2 Å². The number of benzene rings is 6. The molecule has 474 valence electrons. The summed E-state index contributed by atoms with van der Waals surface area (Å²) in [6, 6.07) is 60.6. The van der Waals surface area contributed by atoms with E-state index >= 15 is 0 Å². The number of nitrogens with one attached hydrogen (secondary N) is 1. The fourth-order valence-corrected chi connectivity index (χ4v) is 6.36. The van der Waals surface area contributed by atoms with Gasteiger partial charge in [0.25, 0.3) is 0 Å². The number of ether oxygens (including phenoxy) is 2. The lowest BCUT2D eigenvalue weighted by molar-refractivity contribution is 0.174. The maximum Gasteiger partial charge on any atom is 0.231 e. The van der Waals surface area contributed by atoms with Gasteiger partial charge in [-0.1, -0.05) is 302 Å². The van der Waals surface area contributed by atoms with Crippen molar-refractivity contribution in [3.05, 3.63) is 247 Å². The van der Waals surface area contributed by atoms with E-state index in [0.717, 1.165) is 30.1 Å². The summed E-state index contributed by atoms with van der Waals surface area (Å²) in [5.41, 5.74) is 7.74. The zero-order chi connectivity index (χ0) is 58.1. The van der Waals surface area contributed by atoms with Gasteiger partial charge in [-0.25, -0.2) is 15.0 Å². The van der Waals surface area contributed by atoms with Gasteiger partial charge in [-0.05, 0) is 77.3 Å². The van der Waals surface area contributed by atoms with Crippen LogP contribution in [0, 0.1) is 0 Å². The quantitative estimate of drug-likeness (QED) is 0.160. The van der Waals surface area contributed by atoms with Crippen molar-refractivity contribution >= 4 is 43.7 Å². The van der Waals surface area contributed by atoms with Crippen molar-refractivity contribution < 1.29 is 9.47 Å². The SMILES string of the molecule is C.C.C.C.C.C.C.CC.CC.CC.CC.CC.CC.CC.CC.c1ccc2c(c1)CCNC2.c1ccc2c(c1)OCO2.c1ccc2ccccc2c1.c1ccc2scnc2c1.c1ccccc1.c1ccncc1.c1cncnc1.c1cscn1. The highest BCUT2D eigenvalue weighted by molar-refractivity contribution is 7.16. The van der Waals surface area contributed by atoms with E-state index in [-0.39, 0.29) is 52.0 Å². The van der Waals surface area contributed by atoms with Crippen molar-refractivity contribution in [1.29, 1.82) is 0 Å². The monoisotopic (exact) mass is 1190 g/mol. The second kappa shape index (κ2) is 87.1. The Labute approximate surface area is 527 Å². The van der Waals surface area contributed by atoms with Crippen LogP contribution in [0.5, 0.6) is 11.5 Å². The Balaban J connectivity index is -0.0000000775. The normalized spacial score (nSPS) is 8.48. The Morgan fingerprint density at radius 3 is 1.10 bits per heavy atom. The van der Waals surface area contributed by atoms with Crippen molar-refractivity contribution in [2.75, 3.05) is 13.3 Å². The Hall–Kier alpha value is -7.11. The van der Waals surface area contributed by atoms with Gasteiger partial charge in [0.05, 0.1) is 21.2 Å². The Morgan fingerprint density at radius 2 is 0.762 bits per heavy atom. The van der Waals surface area contributed by atoms with Crippen LogP contribution >= 0.6 is 22.7 Å². The van der Waals surface area contributed by atoms with Crippen LogP contribution in [-0.4, -0.2) is 38.3 Å². The van der Waals surface area contributed by atoms with Gasteiger partial charge in [0.15, 0.2) is 11.5 Å². The summed E-state index contributed by atoms with van der Waals surface area (Å²) in [6.07, 6.45) is 11.3. The molecular weight excluding hydrogens is 1070 g/mol. The number of hydrogen-bond donors (Lipinski definition) is 1. The van der Waals surface area contributed by atoms with E-state index in [1.807, 2.05) is 219 Å². The summed E-state index contributed by atoms with van der Waals surface area (Å²) in [5, 5.41) is 7.89. The van der Waals surface area contributed by atoms with Crippen LogP contribution < -0.4 is 14.8 Å². The molecule has 0 aliphatic carbocycles. The van der Waals surface area contributed by atoms with Gasteiger partial charge in [0, 0.05) is 42.9 Å². The molecule has 2 aliphatic heterocycles. The molecule has 6 heterocycles. The highest BCUT2D eigenvalue weighted by Crippen LogP contribution is 2.30. The Bertz CT molecular complexity index is 2230. The van der Waals surface area contributed by atoms with E-state index in [9.17, 15) is 0 Å². The minimum atomic E-state index is 0. The number of rotatable bonds is 0. The first kappa shape index (κ1) is 102. The molecule has 0 saturated carbocycles. The van der Waals surface area contributed by atoms with Crippen molar-refractivity contribution in [3.63, 3.8) is 0 Å². The van der Waals surface area contributed by atoms with Crippen LogP contribution in [0.4, 0.5) is 0 Å². The van der Waals surface area contributed by atoms with Gasteiger partial charge in [0.2, 0.25) is 6.79 Å². The van der Waals surface area contributed by atoms with E-state index < -0.39 is 0 Å². The van der Waals surface area contributed by atoms with Crippen molar-refractivity contribution in [2.45, 2.75) is 176 Å². The highest BCUT2D eigenvalue weighted by Gasteiger charge is 2.09. The summed E-state index contributed by atoms with van der Waals surface area (Å²) in [7, 11) is 0. The number of nitrogens with zero attached hydrogens (tertiary/aromatic N) is 5. The summed E-state index contributed by atoms with van der Waals surface area (Å²) in [6.45, 7) is 34.5. The first-order chi connectivity index (χ1) is 38.4. The molecule has 8 nitrogen and oxygen atoms in total. The smallest absolute Gasteiger partial charge is 0.231 e. The average Bonchev–Trinajstić information content (AvgIpc) is 4.42. The molecular formula is C74H124N6O2S2. The molecule has 0 atom stereocenters. The van der Waals surface area contributed by atoms with Crippen LogP contribution in [0.1, 0.15) is 174 Å². The van der Waals surface area contributed by atoms with Gasteiger partial charge >= 0.3 is 0 Å². The first-order valence-electron chi connectivity index (χ1n) is 27.6. The van der Waals surface area contributed by atoms with Crippen molar-refractivity contribution in [2.24, 2.45) is 0 Å². The number of thiazole rings is 2. The lowest BCUT2D eigenvalue weighted by Gasteiger charge is -2.15. The van der Waals surface area contributed by atoms with Gasteiger partial charge < -0.3 is 14.8 Å². The maximum atomic E-state index is 5.08. The molecule has 84 heavy (non-hydrogen) atoms. The maximum absolute atomic E-state index is 5.08. The molecule has 0 spiro atoms. The lowest BCUT2D eigenvalue weighted by atomic mass is 10.0. The van der Waals surface area contributed by atoms with Gasteiger partial charge in [-0.15, -0.1) is 22.7 Å². The van der Waals surface area contributed by atoms with E-state index in [4.69, 9.17) is 9.47 Å². The molecule has 10 aromatic rings. The molecule has 0 fully saturated rings. The molecule has 2 aliphatic rings. The number of hydrogen-bond acceptors (Lipinski definition) is 10. The molecule has 1 N–H and O–H groups in total. The Morgan fingerprint density at radius 1 is 0.369 bits per heavy atom. The summed E-state index contributed by atoms with van der Waals surface area (Å²) in [4.78, 5) is 19.0. The molecule has 0 saturated heterocycles. The van der Waals surface area contributed by atoms with Gasteiger partial charge in [-0.2, -0.15) is 0 Å². The molecule has 12 rings (SSSR count). The fourth-order valence-electron chi connectivity index (χ4n) is 5.33. The third-order valence-electron chi connectivity index (χ3n) is 8.24. The molecule has 10 heteroatoms. The van der Waals surface area contributed by atoms with Crippen LogP contribution in [-0.2, 0) is 13.0 Å². The molecule has 0 bridgehead atoms. The summed E-state index contributed by atoms with van der Waals surface area (Å²) in [5.74, 6) is 1.69. The van der Waals surface area contributed by atoms with Gasteiger partial charge in [0.1, 0.15) is 6.33 Å². The third-order valence-corrected chi connectivity index (χ3v) is 9.57. The van der Waals surface area contributed by atoms with Crippen molar-refractivity contribution in [3.8, 4) is 11.5 Å². The van der Waals surface area contributed by atoms with Crippen LogP contribution in [0.15, 0.2) is 236 Å². The molecule has 0 unspecified atom stereocenters. The largest absolute Gasteiger partial charge is 0.454 e. The minimum absolute atomic E-state index is 0. The van der Waals surface area contributed by atoms with Crippen molar-refractivity contribution in [1.82, 2.24) is 30.2 Å².